The molecule has 1 aromatic carbocycles. The summed E-state index contributed by atoms with van der Waals surface area (Å²) in [5.41, 5.74) is 2.07. The van der Waals surface area contributed by atoms with Crippen LogP contribution in [0.5, 0.6) is 0 Å². The Morgan fingerprint density at radius 1 is 1.35 bits per heavy atom. The molecule has 0 aliphatic carbocycles. The van der Waals surface area contributed by atoms with Crippen LogP contribution < -0.4 is 5.32 Å². The van der Waals surface area contributed by atoms with Gasteiger partial charge < -0.3 is 10.4 Å². The zero-order valence-corrected chi connectivity index (χ0v) is 12.1. The summed E-state index contributed by atoms with van der Waals surface area (Å²) < 4.78 is 0. The van der Waals surface area contributed by atoms with Crippen LogP contribution in [0.2, 0.25) is 0 Å². The predicted octanol–water partition coefficient (Wildman–Crippen LogP) is 2.48. The lowest BCUT2D eigenvalue weighted by atomic mass is 9.96. The number of carbonyl (C=O) groups excluding carboxylic acids is 1. The van der Waals surface area contributed by atoms with E-state index < -0.39 is 11.9 Å². The lowest BCUT2D eigenvalue weighted by Crippen LogP contribution is -2.34. The summed E-state index contributed by atoms with van der Waals surface area (Å²) in [6.45, 7) is 5.78. The van der Waals surface area contributed by atoms with Gasteiger partial charge in [-0.05, 0) is 24.5 Å². The van der Waals surface area contributed by atoms with Crippen LogP contribution in [-0.2, 0) is 9.59 Å². The van der Waals surface area contributed by atoms with Gasteiger partial charge in [-0.3, -0.25) is 9.59 Å². The van der Waals surface area contributed by atoms with E-state index in [2.05, 4.69) is 5.32 Å². The molecule has 1 atom stereocenters. The second-order valence-electron chi connectivity index (χ2n) is 5.18. The molecule has 0 radical (unpaired) electrons. The summed E-state index contributed by atoms with van der Waals surface area (Å²) in [6, 6.07) is 7.78. The zero-order valence-electron chi connectivity index (χ0n) is 12.1. The van der Waals surface area contributed by atoms with Crippen LogP contribution in [0.1, 0.15) is 25.0 Å². The van der Waals surface area contributed by atoms with Crippen molar-refractivity contribution < 1.29 is 14.7 Å². The molecule has 1 amide bonds. The summed E-state index contributed by atoms with van der Waals surface area (Å²) in [5.74, 6) is -1.75. The number of aliphatic carboxylic acids is 1. The van der Waals surface area contributed by atoms with Gasteiger partial charge in [0.25, 0.3) is 0 Å². The van der Waals surface area contributed by atoms with Crippen molar-refractivity contribution in [2.75, 3.05) is 6.54 Å². The molecule has 0 aliphatic rings. The molecule has 2 N–H and O–H groups in total. The number of carbonyl (C=O) groups is 2. The number of carboxylic acids is 1. The maximum Gasteiger partial charge on any atom is 0.308 e. The molecule has 0 saturated heterocycles. The Balaban J connectivity index is 2.53. The highest BCUT2D eigenvalue weighted by Gasteiger charge is 2.21. The van der Waals surface area contributed by atoms with Crippen LogP contribution >= 0.6 is 0 Å². The molecule has 0 spiro atoms. The highest BCUT2D eigenvalue weighted by Crippen LogP contribution is 2.10. The predicted molar refractivity (Wildman–Crippen MR) is 79.2 cm³/mol. The van der Waals surface area contributed by atoms with Crippen LogP contribution in [0, 0.1) is 18.8 Å². The molecular weight excluding hydrogens is 254 g/mol. The third kappa shape index (κ3) is 5.26. The number of nitrogens with one attached hydrogen (secondary N) is 1. The largest absolute Gasteiger partial charge is 0.481 e. The van der Waals surface area contributed by atoms with Crippen LogP contribution in [0.15, 0.2) is 30.3 Å². The number of rotatable bonds is 6. The SMILES string of the molecule is Cc1cccc(C=CC(=O)NCC(C(=O)O)C(C)C)c1. The normalized spacial score (nSPS) is 12.6. The molecule has 1 aromatic rings. The van der Waals surface area contributed by atoms with Gasteiger partial charge in [0.2, 0.25) is 5.91 Å². The summed E-state index contributed by atoms with van der Waals surface area (Å²) in [6.07, 6.45) is 3.14. The molecule has 4 heteroatoms. The van der Waals surface area contributed by atoms with E-state index in [1.807, 2.05) is 45.0 Å². The highest BCUT2D eigenvalue weighted by atomic mass is 16.4. The van der Waals surface area contributed by atoms with E-state index in [1.54, 1.807) is 6.08 Å². The van der Waals surface area contributed by atoms with Crippen molar-refractivity contribution in [3.05, 3.63) is 41.5 Å². The van der Waals surface area contributed by atoms with Gasteiger partial charge in [-0.1, -0.05) is 43.7 Å². The molecular formula is C16H21NO3. The molecule has 0 aliphatic heterocycles. The quantitative estimate of drug-likeness (QED) is 0.784. The summed E-state index contributed by atoms with van der Waals surface area (Å²) in [5, 5.41) is 11.6. The third-order valence-electron chi connectivity index (χ3n) is 3.09. The van der Waals surface area contributed by atoms with E-state index in [0.29, 0.717) is 0 Å². The Morgan fingerprint density at radius 2 is 2.05 bits per heavy atom. The monoisotopic (exact) mass is 275 g/mol. The standard InChI is InChI=1S/C16H21NO3/c1-11(2)14(16(19)20)10-17-15(18)8-7-13-6-4-5-12(3)9-13/h4-9,11,14H,10H2,1-3H3,(H,17,18)(H,19,20). The van der Waals surface area contributed by atoms with Crippen molar-refractivity contribution in [3.8, 4) is 0 Å². The smallest absolute Gasteiger partial charge is 0.308 e. The van der Waals surface area contributed by atoms with E-state index in [-0.39, 0.29) is 18.4 Å². The number of carboxylic acid groups (broad SMARTS) is 1. The van der Waals surface area contributed by atoms with Gasteiger partial charge in [-0.2, -0.15) is 0 Å². The van der Waals surface area contributed by atoms with Gasteiger partial charge >= 0.3 is 5.97 Å². The highest BCUT2D eigenvalue weighted by molar-refractivity contribution is 5.92. The van der Waals surface area contributed by atoms with Crippen molar-refractivity contribution in [3.63, 3.8) is 0 Å². The van der Waals surface area contributed by atoms with Gasteiger partial charge in [0.15, 0.2) is 0 Å². The van der Waals surface area contributed by atoms with Crippen LogP contribution in [0.3, 0.4) is 0 Å². The number of amides is 1. The number of hydrogen-bond acceptors (Lipinski definition) is 2. The van der Waals surface area contributed by atoms with Gasteiger partial charge in [-0.25, -0.2) is 0 Å². The maximum atomic E-state index is 11.7. The molecule has 0 aromatic heterocycles. The molecule has 1 rings (SSSR count). The third-order valence-corrected chi connectivity index (χ3v) is 3.09. The Kier molecular flexibility index (Phi) is 5.97. The fourth-order valence-corrected chi connectivity index (χ4v) is 1.82. The maximum absolute atomic E-state index is 11.7. The fourth-order valence-electron chi connectivity index (χ4n) is 1.82. The Morgan fingerprint density at radius 3 is 2.60 bits per heavy atom. The first-order chi connectivity index (χ1) is 9.40. The van der Waals surface area contributed by atoms with Crippen molar-refractivity contribution >= 4 is 18.0 Å². The van der Waals surface area contributed by atoms with Crippen molar-refractivity contribution in [1.29, 1.82) is 0 Å². The van der Waals surface area contributed by atoms with Gasteiger partial charge in [-0.15, -0.1) is 0 Å². The van der Waals surface area contributed by atoms with E-state index in [1.165, 1.54) is 6.08 Å². The van der Waals surface area contributed by atoms with Crippen LogP contribution in [0.4, 0.5) is 0 Å². The van der Waals surface area contributed by atoms with Crippen LogP contribution in [0.25, 0.3) is 6.08 Å². The van der Waals surface area contributed by atoms with Crippen molar-refractivity contribution in [2.45, 2.75) is 20.8 Å². The average molecular weight is 275 g/mol. The minimum atomic E-state index is -0.886. The van der Waals surface area contributed by atoms with E-state index in [9.17, 15) is 9.59 Å². The minimum absolute atomic E-state index is 0.0199. The number of aryl methyl sites for hydroxylation is 1. The van der Waals surface area contributed by atoms with Gasteiger partial charge in [0, 0.05) is 12.6 Å². The molecule has 0 bridgehead atoms. The van der Waals surface area contributed by atoms with Crippen molar-refractivity contribution in [2.24, 2.45) is 11.8 Å². The summed E-state index contributed by atoms with van der Waals surface area (Å²) in [7, 11) is 0. The van der Waals surface area contributed by atoms with Crippen molar-refractivity contribution in [1.82, 2.24) is 5.32 Å². The zero-order chi connectivity index (χ0) is 15.1. The van der Waals surface area contributed by atoms with Gasteiger partial charge in [0.05, 0.1) is 5.92 Å². The van der Waals surface area contributed by atoms with Crippen LogP contribution in [-0.4, -0.2) is 23.5 Å². The minimum Gasteiger partial charge on any atom is -0.481 e. The fraction of sp³-hybridized carbons (Fsp3) is 0.375. The van der Waals surface area contributed by atoms with E-state index in [0.717, 1.165) is 11.1 Å². The first-order valence-electron chi connectivity index (χ1n) is 6.65. The molecule has 1 unspecified atom stereocenters. The summed E-state index contributed by atoms with van der Waals surface area (Å²) >= 11 is 0. The Labute approximate surface area is 119 Å². The van der Waals surface area contributed by atoms with Gasteiger partial charge in [0.1, 0.15) is 0 Å². The molecule has 4 nitrogen and oxygen atoms in total. The Bertz CT molecular complexity index is 506. The lowest BCUT2D eigenvalue weighted by Gasteiger charge is -2.15. The van der Waals surface area contributed by atoms with E-state index >= 15 is 0 Å². The molecule has 0 saturated carbocycles. The molecule has 0 fully saturated rings. The second kappa shape index (κ2) is 7.48. The summed E-state index contributed by atoms with van der Waals surface area (Å²) in [4.78, 5) is 22.7. The lowest BCUT2D eigenvalue weighted by molar-refractivity contribution is -0.143. The molecule has 0 heterocycles. The second-order valence-corrected chi connectivity index (χ2v) is 5.18. The molecule has 108 valence electrons. The number of hydrogen-bond donors (Lipinski definition) is 2. The first kappa shape index (κ1) is 16.0. The topological polar surface area (TPSA) is 66.4 Å². The number of benzene rings is 1. The Hall–Kier alpha value is -2.10. The average Bonchev–Trinajstić information content (AvgIpc) is 2.35. The van der Waals surface area contributed by atoms with E-state index in [4.69, 9.17) is 5.11 Å². The molecule has 20 heavy (non-hydrogen) atoms. The first-order valence-corrected chi connectivity index (χ1v) is 6.65.